The largest absolute Gasteiger partial charge is 0.367 e. The molecule has 1 fully saturated rings. The van der Waals surface area contributed by atoms with Gasteiger partial charge in [0, 0.05) is 23.7 Å². The highest BCUT2D eigenvalue weighted by Crippen LogP contribution is 2.27. The Balaban J connectivity index is 2.28. The van der Waals surface area contributed by atoms with Gasteiger partial charge in [-0.05, 0) is 51.4 Å². The SMILES string of the molecule is CC(C)N(CC1CCCCN1)c1cc(Cl)ccc1C(N)=O. The van der Waals surface area contributed by atoms with E-state index in [1.165, 1.54) is 12.8 Å². The second kappa shape index (κ2) is 7.14. The highest BCUT2D eigenvalue weighted by molar-refractivity contribution is 6.31. The molecule has 1 aromatic rings. The van der Waals surface area contributed by atoms with Crippen molar-refractivity contribution in [1.82, 2.24) is 5.32 Å². The van der Waals surface area contributed by atoms with Gasteiger partial charge in [-0.15, -0.1) is 0 Å². The Morgan fingerprint density at radius 1 is 1.48 bits per heavy atom. The van der Waals surface area contributed by atoms with Gasteiger partial charge in [-0.25, -0.2) is 0 Å². The van der Waals surface area contributed by atoms with Crippen LogP contribution in [0, 0.1) is 0 Å². The number of halogens is 1. The molecule has 0 radical (unpaired) electrons. The molecule has 0 spiro atoms. The van der Waals surface area contributed by atoms with Gasteiger partial charge in [0.15, 0.2) is 0 Å². The lowest BCUT2D eigenvalue weighted by molar-refractivity contribution is 0.100. The van der Waals surface area contributed by atoms with Gasteiger partial charge in [0.2, 0.25) is 0 Å². The van der Waals surface area contributed by atoms with Crippen LogP contribution in [-0.4, -0.2) is 31.1 Å². The molecule has 1 aliphatic rings. The first-order valence-corrected chi connectivity index (χ1v) is 7.96. The van der Waals surface area contributed by atoms with Crippen molar-refractivity contribution < 1.29 is 4.79 Å². The summed E-state index contributed by atoms with van der Waals surface area (Å²) in [6.07, 6.45) is 3.65. The third-order valence-electron chi connectivity index (χ3n) is 3.99. The summed E-state index contributed by atoms with van der Waals surface area (Å²) in [6, 6.07) is 5.97. The van der Waals surface area contributed by atoms with Gasteiger partial charge in [0.05, 0.1) is 11.3 Å². The molecule has 4 nitrogen and oxygen atoms in total. The van der Waals surface area contributed by atoms with Crippen LogP contribution >= 0.6 is 11.6 Å². The summed E-state index contributed by atoms with van der Waals surface area (Å²) in [6.45, 7) is 6.16. The van der Waals surface area contributed by atoms with Crippen LogP contribution in [0.4, 0.5) is 5.69 Å². The quantitative estimate of drug-likeness (QED) is 0.879. The predicted molar refractivity (Wildman–Crippen MR) is 88.1 cm³/mol. The summed E-state index contributed by atoms with van der Waals surface area (Å²) in [5.41, 5.74) is 6.87. The predicted octanol–water partition coefficient (Wildman–Crippen LogP) is 2.80. The van der Waals surface area contributed by atoms with Gasteiger partial charge < -0.3 is 16.0 Å². The average Bonchev–Trinajstić information content (AvgIpc) is 2.45. The summed E-state index contributed by atoms with van der Waals surface area (Å²) >= 11 is 6.12. The Morgan fingerprint density at radius 2 is 2.24 bits per heavy atom. The number of rotatable bonds is 5. The number of piperidine rings is 1. The third kappa shape index (κ3) is 4.11. The highest BCUT2D eigenvalue weighted by Gasteiger charge is 2.22. The Labute approximate surface area is 131 Å². The van der Waals surface area contributed by atoms with Crippen molar-refractivity contribution in [2.75, 3.05) is 18.0 Å². The average molecular weight is 310 g/mol. The van der Waals surface area contributed by atoms with E-state index in [0.29, 0.717) is 16.6 Å². The minimum absolute atomic E-state index is 0.269. The van der Waals surface area contributed by atoms with Gasteiger partial charge in [-0.1, -0.05) is 18.0 Å². The normalized spacial score (nSPS) is 18.8. The summed E-state index contributed by atoms with van der Waals surface area (Å²) in [5.74, 6) is -0.413. The van der Waals surface area contributed by atoms with Gasteiger partial charge in [-0.2, -0.15) is 0 Å². The van der Waals surface area contributed by atoms with Crippen molar-refractivity contribution >= 4 is 23.2 Å². The highest BCUT2D eigenvalue weighted by atomic mass is 35.5. The second-order valence-electron chi connectivity index (χ2n) is 5.92. The summed E-state index contributed by atoms with van der Waals surface area (Å²) in [4.78, 5) is 13.9. The molecule has 116 valence electrons. The van der Waals surface area contributed by atoms with E-state index in [2.05, 4.69) is 24.1 Å². The van der Waals surface area contributed by atoms with E-state index in [0.717, 1.165) is 25.2 Å². The molecule has 21 heavy (non-hydrogen) atoms. The molecule has 1 saturated heterocycles. The molecule has 0 aliphatic carbocycles. The standard InChI is InChI=1S/C16H24ClN3O/c1-11(2)20(10-13-5-3-4-8-19-13)15-9-12(17)6-7-14(15)16(18)21/h6-7,9,11,13,19H,3-5,8,10H2,1-2H3,(H2,18,21). The maximum Gasteiger partial charge on any atom is 0.250 e. The van der Waals surface area contributed by atoms with E-state index in [4.69, 9.17) is 17.3 Å². The van der Waals surface area contributed by atoms with Crippen LogP contribution in [0.25, 0.3) is 0 Å². The zero-order valence-electron chi connectivity index (χ0n) is 12.7. The summed E-state index contributed by atoms with van der Waals surface area (Å²) < 4.78 is 0. The molecule has 0 bridgehead atoms. The van der Waals surface area contributed by atoms with Gasteiger partial charge in [0.1, 0.15) is 0 Å². The zero-order chi connectivity index (χ0) is 15.4. The van der Waals surface area contributed by atoms with Gasteiger partial charge in [0.25, 0.3) is 5.91 Å². The Morgan fingerprint density at radius 3 is 2.81 bits per heavy atom. The van der Waals surface area contributed by atoms with Crippen molar-refractivity contribution in [1.29, 1.82) is 0 Å². The summed E-state index contributed by atoms with van der Waals surface area (Å²) in [5, 5.41) is 4.17. The maximum absolute atomic E-state index is 11.7. The number of nitrogens with two attached hydrogens (primary N) is 1. The number of anilines is 1. The fourth-order valence-electron chi connectivity index (χ4n) is 2.86. The number of carbonyl (C=O) groups excluding carboxylic acids is 1. The van der Waals surface area contributed by atoms with E-state index < -0.39 is 5.91 Å². The lowest BCUT2D eigenvalue weighted by Gasteiger charge is -2.35. The number of primary amides is 1. The van der Waals surface area contributed by atoms with E-state index in [1.807, 2.05) is 6.07 Å². The van der Waals surface area contributed by atoms with Crippen LogP contribution in [0.1, 0.15) is 43.5 Å². The van der Waals surface area contributed by atoms with E-state index in [9.17, 15) is 4.79 Å². The molecule has 1 atom stereocenters. The number of nitrogens with zero attached hydrogens (tertiary/aromatic N) is 1. The minimum atomic E-state index is -0.413. The molecular formula is C16H24ClN3O. The van der Waals surface area contributed by atoms with Crippen LogP contribution < -0.4 is 16.0 Å². The van der Waals surface area contributed by atoms with Gasteiger partial charge >= 0.3 is 0 Å². The molecule has 3 N–H and O–H groups in total. The van der Waals surface area contributed by atoms with Crippen molar-refractivity contribution in [3.8, 4) is 0 Å². The van der Waals surface area contributed by atoms with Crippen LogP contribution in [-0.2, 0) is 0 Å². The number of benzene rings is 1. The topological polar surface area (TPSA) is 58.4 Å². The first-order valence-electron chi connectivity index (χ1n) is 7.58. The molecule has 1 unspecified atom stereocenters. The zero-order valence-corrected chi connectivity index (χ0v) is 13.5. The van der Waals surface area contributed by atoms with E-state index >= 15 is 0 Å². The number of nitrogens with one attached hydrogen (secondary N) is 1. The minimum Gasteiger partial charge on any atom is -0.367 e. The number of amides is 1. The maximum atomic E-state index is 11.7. The molecule has 1 amide bonds. The number of hydrogen-bond acceptors (Lipinski definition) is 3. The van der Waals surface area contributed by atoms with Crippen LogP contribution in [0.2, 0.25) is 5.02 Å². The van der Waals surface area contributed by atoms with Crippen LogP contribution in [0.15, 0.2) is 18.2 Å². The molecule has 1 aliphatic heterocycles. The molecular weight excluding hydrogens is 286 g/mol. The van der Waals surface area contributed by atoms with Gasteiger partial charge in [-0.3, -0.25) is 4.79 Å². The third-order valence-corrected chi connectivity index (χ3v) is 4.22. The second-order valence-corrected chi connectivity index (χ2v) is 6.36. The number of hydrogen-bond donors (Lipinski definition) is 2. The lowest BCUT2D eigenvalue weighted by Crippen LogP contribution is -2.46. The smallest absolute Gasteiger partial charge is 0.250 e. The molecule has 1 heterocycles. The molecule has 0 saturated carbocycles. The van der Waals surface area contributed by atoms with Crippen LogP contribution in [0.5, 0.6) is 0 Å². The molecule has 2 rings (SSSR count). The molecule has 5 heteroatoms. The van der Waals surface area contributed by atoms with E-state index in [-0.39, 0.29) is 6.04 Å². The van der Waals surface area contributed by atoms with Crippen molar-refractivity contribution in [3.63, 3.8) is 0 Å². The van der Waals surface area contributed by atoms with Crippen molar-refractivity contribution in [3.05, 3.63) is 28.8 Å². The Hall–Kier alpha value is -1.26. The fourth-order valence-corrected chi connectivity index (χ4v) is 3.02. The number of carbonyl (C=O) groups is 1. The lowest BCUT2D eigenvalue weighted by atomic mass is 10.0. The Kier molecular flexibility index (Phi) is 5.48. The summed E-state index contributed by atoms with van der Waals surface area (Å²) in [7, 11) is 0. The fraction of sp³-hybridized carbons (Fsp3) is 0.562. The first-order chi connectivity index (χ1) is 9.99. The van der Waals surface area contributed by atoms with E-state index in [1.54, 1.807) is 12.1 Å². The van der Waals surface area contributed by atoms with Crippen molar-refractivity contribution in [2.24, 2.45) is 5.73 Å². The molecule has 1 aromatic carbocycles. The molecule has 0 aromatic heterocycles. The van der Waals surface area contributed by atoms with Crippen LogP contribution in [0.3, 0.4) is 0 Å². The van der Waals surface area contributed by atoms with Crippen molar-refractivity contribution in [2.45, 2.75) is 45.2 Å². The first kappa shape index (κ1) is 16.1. The monoisotopic (exact) mass is 309 g/mol. The Bertz CT molecular complexity index is 498.